The van der Waals surface area contributed by atoms with Gasteiger partial charge in [-0.1, -0.05) is 6.92 Å². The summed E-state index contributed by atoms with van der Waals surface area (Å²) in [7, 11) is 0. The number of aromatic nitrogens is 1. The van der Waals surface area contributed by atoms with Crippen molar-refractivity contribution >= 4 is 11.8 Å². The quantitative estimate of drug-likeness (QED) is 0.418. The third-order valence-electron chi connectivity index (χ3n) is 1.76. The molecule has 0 aromatic carbocycles. The molecule has 0 aliphatic rings. The van der Waals surface area contributed by atoms with Crippen molar-refractivity contribution in [2.75, 3.05) is 6.61 Å². The lowest BCUT2D eigenvalue weighted by molar-refractivity contribution is -0.142. The second kappa shape index (κ2) is 5.90. The van der Waals surface area contributed by atoms with Crippen LogP contribution in [0, 0.1) is 0 Å². The van der Waals surface area contributed by atoms with Gasteiger partial charge in [0.05, 0.1) is 6.61 Å². The molecule has 0 unspecified atom stereocenters. The van der Waals surface area contributed by atoms with Crippen LogP contribution in [0.3, 0.4) is 0 Å². The highest BCUT2D eigenvalue weighted by molar-refractivity contribution is 6.05. The number of pyridine rings is 1. The standard InChI is InChI=1S/C11H13NO3/c1-2-6-15-11(14)7-10(13)9-4-3-5-12-8-9/h3-5,8H,2,6-7H2,1H3. The van der Waals surface area contributed by atoms with Crippen LogP contribution in [0.25, 0.3) is 0 Å². The fraction of sp³-hybridized carbons (Fsp3) is 0.364. The van der Waals surface area contributed by atoms with Crippen LogP contribution in [-0.4, -0.2) is 23.3 Å². The summed E-state index contributed by atoms with van der Waals surface area (Å²) in [5.41, 5.74) is 0.436. The lowest BCUT2D eigenvalue weighted by Gasteiger charge is -2.01. The van der Waals surface area contributed by atoms with Crippen molar-refractivity contribution in [1.82, 2.24) is 4.98 Å². The summed E-state index contributed by atoms with van der Waals surface area (Å²) < 4.78 is 4.80. The van der Waals surface area contributed by atoms with Crippen LogP contribution in [0.15, 0.2) is 24.5 Å². The van der Waals surface area contributed by atoms with E-state index >= 15 is 0 Å². The lowest BCUT2D eigenvalue weighted by atomic mass is 10.1. The first-order chi connectivity index (χ1) is 7.24. The maximum atomic E-state index is 11.5. The van der Waals surface area contributed by atoms with Gasteiger partial charge in [0.25, 0.3) is 0 Å². The number of carbonyl (C=O) groups excluding carboxylic acids is 2. The van der Waals surface area contributed by atoms with Gasteiger partial charge >= 0.3 is 5.97 Å². The van der Waals surface area contributed by atoms with E-state index in [0.717, 1.165) is 6.42 Å². The minimum atomic E-state index is -0.481. The van der Waals surface area contributed by atoms with Gasteiger partial charge in [0, 0.05) is 18.0 Å². The molecule has 1 rings (SSSR count). The molecule has 0 fully saturated rings. The van der Waals surface area contributed by atoms with E-state index in [4.69, 9.17) is 4.74 Å². The molecule has 1 heterocycles. The number of Topliss-reactive ketones (excluding diaryl/α,β-unsaturated/α-hetero) is 1. The van der Waals surface area contributed by atoms with Gasteiger partial charge in [-0.15, -0.1) is 0 Å². The Kier molecular flexibility index (Phi) is 4.47. The number of nitrogens with zero attached hydrogens (tertiary/aromatic N) is 1. The number of rotatable bonds is 5. The molecule has 0 amide bonds. The van der Waals surface area contributed by atoms with Crippen molar-refractivity contribution in [3.8, 4) is 0 Å². The minimum absolute atomic E-state index is 0.217. The Hall–Kier alpha value is -1.71. The van der Waals surface area contributed by atoms with Crippen LogP contribution in [0.1, 0.15) is 30.1 Å². The molecule has 0 spiro atoms. The van der Waals surface area contributed by atoms with Gasteiger partial charge in [0.2, 0.25) is 0 Å². The van der Waals surface area contributed by atoms with E-state index in [-0.39, 0.29) is 12.2 Å². The van der Waals surface area contributed by atoms with Crippen LogP contribution >= 0.6 is 0 Å². The van der Waals surface area contributed by atoms with Gasteiger partial charge in [0.15, 0.2) is 5.78 Å². The minimum Gasteiger partial charge on any atom is -0.465 e. The molecule has 0 aliphatic heterocycles. The zero-order valence-electron chi connectivity index (χ0n) is 8.60. The van der Waals surface area contributed by atoms with Gasteiger partial charge in [0.1, 0.15) is 6.42 Å². The average molecular weight is 207 g/mol. The Balaban J connectivity index is 2.46. The first-order valence-electron chi connectivity index (χ1n) is 4.83. The highest BCUT2D eigenvalue weighted by Gasteiger charge is 2.12. The first kappa shape index (κ1) is 11.4. The van der Waals surface area contributed by atoms with E-state index < -0.39 is 5.97 Å². The normalized spacial score (nSPS) is 9.67. The number of ether oxygens (including phenoxy) is 1. The molecule has 0 atom stereocenters. The van der Waals surface area contributed by atoms with Crippen LogP contribution in [0.2, 0.25) is 0 Å². The number of hydrogen-bond donors (Lipinski definition) is 0. The molecular formula is C11H13NO3. The summed E-state index contributed by atoms with van der Waals surface area (Å²) in [6, 6.07) is 3.28. The van der Waals surface area contributed by atoms with Crippen molar-refractivity contribution in [2.24, 2.45) is 0 Å². The maximum Gasteiger partial charge on any atom is 0.313 e. The van der Waals surface area contributed by atoms with Crippen LogP contribution < -0.4 is 0 Å². The van der Waals surface area contributed by atoms with Crippen LogP contribution in [0.4, 0.5) is 0 Å². The van der Waals surface area contributed by atoms with Gasteiger partial charge in [-0.3, -0.25) is 14.6 Å². The number of carbonyl (C=O) groups is 2. The molecule has 1 aromatic heterocycles. The monoisotopic (exact) mass is 207 g/mol. The first-order valence-corrected chi connectivity index (χ1v) is 4.83. The van der Waals surface area contributed by atoms with E-state index in [1.54, 1.807) is 18.3 Å². The maximum absolute atomic E-state index is 11.5. The Morgan fingerprint density at radius 1 is 1.47 bits per heavy atom. The number of esters is 1. The van der Waals surface area contributed by atoms with Gasteiger partial charge in [-0.25, -0.2) is 0 Å². The molecule has 0 bridgehead atoms. The summed E-state index contributed by atoms with van der Waals surface area (Å²) >= 11 is 0. The van der Waals surface area contributed by atoms with Gasteiger partial charge in [-0.2, -0.15) is 0 Å². The molecule has 15 heavy (non-hydrogen) atoms. The molecule has 0 N–H and O–H groups in total. The van der Waals surface area contributed by atoms with E-state index in [9.17, 15) is 9.59 Å². The molecule has 0 saturated carbocycles. The Bertz CT molecular complexity index is 335. The third-order valence-corrected chi connectivity index (χ3v) is 1.76. The van der Waals surface area contributed by atoms with Crippen molar-refractivity contribution in [3.63, 3.8) is 0 Å². The fourth-order valence-corrected chi connectivity index (χ4v) is 1.03. The Morgan fingerprint density at radius 2 is 2.27 bits per heavy atom. The molecule has 0 radical (unpaired) electrons. The second-order valence-electron chi connectivity index (χ2n) is 3.06. The molecule has 0 saturated heterocycles. The highest BCUT2D eigenvalue weighted by Crippen LogP contribution is 2.02. The smallest absolute Gasteiger partial charge is 0.313 e. The second-order valence-corrected chi connectivity index (χ2v) is 3.06. The molecule has 0 aliphatic carbocycles. The third kappa shape index (κ3) is 3.89. The Morgan fingerprint density at radius 3 is 2.87 bits per heavy atom. The molecule has 4 heteroatoms. The zero-order chi connectivity index (χ0) is 11.1. The van der Waals surface area contributed by atoms with E-state index in [0.29, 0.717) is 12.2 Å². The number of hydrogen-bond acceptors (Lipinski definition) is 4. The van der Waals surface area contributed by atoms with Gasteiger partial charge in [-0.05, 0) is 18.6 Å². The zero-order valence-corrected chi connectivity index (χ0v) is 8.60. The van der Waals surface area contributed by atoms with E-state index in [1.165, 1.54) is 6.20 Å². The summed E-state index contributed by atoms with van der Waals surface area (Å²) in [6.45, 7) is 2.26. The lowest BCUT2D eigenvalue weighted by Crippen LogP contribution is -2.12. The summed E-state index contributed by atoms with van der Waals surface area (Å²) in [5, 5.41) is 0. The topological polar surface area (TPSA) is 56.3 Å². The largest absolute Gasteiger partial charge is 0.465 e. The van der Waals surface area contributed by atoms with Crippen LogP contribution in [-0.2, 0) is 9.53 Å². The summed E-state index contributed by atoms with van der Waals surface area (Å²) in [6.07, 6.45) is 3.56. The predicted molar refractivity (Wildman–Crippen MR) is 54.4 cm³/mol. The number of ketones is 1. The molecule has 1 aromatic rings. The van der Waals surface area contributed by atoms with E-state index in [2.05, 4.69) is 4.98 Å². The molecule has 4 nitrogen and oxygen atoms in total. The van der Waals surface area contributed by atoms with Crippen molar-refractivity contribution < 1.29 is 14.3 Å². The van der Waals surface area contributed by atoms with Crippen molar-refractivity contribution in [3.05, 3.63) is 30.1 Å². The van der Waals surface area contributed by atoms with Gasteiger partial charge < -0.3 is 4.74 Å². The van der Waals surface area contributed by atoms with Crippen LogP contribution in [0.5, 0.6) is 0 Å². The Labute approximate surface area is 88.3 Å². The summed E-state index contributed by atoms with van der Waals surface area (Å²) in [4.78, 5) is 26.4. The predicted octanol–water partition coefficient (Wildman–Crippen LogP) is 1.61. The molecule has 80 valence electrons. The molecular weight excluding hydrogens is 194 g/mol. The van der Waals surface area contributed by atoms with Crippen molar-refractivity contribution in [1.29, 1.82) is 0 Å². The summed E-state index contributed by atoms with van der Waals surface area (Å²) in [5.74, 6) is -0.741. The highest BCUT2D eigenvalue weighted by atomic mass is 16.5. The van der Waals surface area contributed by atoms with Crippen molar-refractivity contribution in [2.45, 2.75) is 19.8 Å². The van der Waals surface area contributed by atoms with E-state index in [1.807, 2.05) is 6.92 Å². The fourth-order valence-electron chi connectivity index (χ4n) is 1.03. The SMILES string of the molecule is CCCOC(=O)CC(=O)c1cccnc1. The average Bonchev–Trinajstić information content (AvgIpc) is 2.27.